The molecule has 0 aromatic carbocycles. The molecule has 0 amide bonds. The third kappa shape index (κ3) is 2.69. The Morgan fingerprint density at radius 2 is 2.35 bits per heavy atom. The maximum absolute atomic E-state index is 6.14. The summed E-state index contributed by atoms with van der Waals surface area (Å²) < 4.78 is 0. The number of piperidine rings is 1. The molecule has 0 aliphatic carbocycles. The van der Waals surface area contributed by atoms with Gasteiger partial charge in [0.05, 0.1) is 17.6 Å². The predicted molar refractivity (Wildman–Crippen MR) is 72.4 cm³/mol. The number of hydrogen-bond donors (Lipinski definition) is 2. The van der Waals surface area contributed by atoms with Gasteiger partial charge in [0.1, 0.15) is 0 Å². The molecule has 1 aromatic heterocycles. The fraction of sp³-hybridized carbons (Fsp3) is 0.615. The molecule has 0 radical (unpaired) electrons. The molecule has 3 N–H and O–H groups in total. The highest BCUT2D eigenvalue weighted by Crippen LogP contribution is 2.29. The van der Waals surface area contributed by atoms with Crippen LogP contribution in [0.5, 0.6) is 0 Å². The number of pyridine rings is 1. The van der Waals surface area contributed by atoms with Crippen molar-refractivity contribution in [3.8, 4) is 0 Å². The molecule has 0 spiro atoms. The van der Waals surface area contributed by atoms with Crippen LogP contribution in [-0.2, 0) is 0 Å². The number of hydrogen-bond acceptors (Lipinski definition) is 4. The Balaban J connectivity index is 2.20. The molecule has 1 fully saturated rings. The van der Waals surface area contributed by atoms with E-state index in [1.807, 2.05) is 19.4 Å². The van der Waals surface area contributed by atoms with Crippen molar-refractivity contribution in [1.29, 1.82) is 0 Å². The lowest BCUT2D eigenvalue weighted by atomic mass is 9.92. The van der Waals surface area contributed by atoms with Crippen LogP contribution in [0.1, 0.15) is 19.8 Å². The van der Waals surface area contributed by atoms with Gasteiger partial charge in [-0.05, 0) is 18.4 Å². The highest BCUT2D eigenvalue weighted by atomic mass is 15.2. The standard InChI is InChI=1S/C13H22N4/c1-3-10-6-11(14)9-17(8-10)13-4-5-16-7-12(13)15-2/h4-5,7,10-11,15H,3,6,8-9,14H2,1-2H3. The second kappa shape index (κ2) is 5.36. The monoisotopic (exact) mass is 234 g/mol. The van der Waals surface area contributed by atoms with E-state index in [2.05, 4.69) is 28.2 Å². The number of nitrogens with two attached hydrogens (primary N) is 1. The van der Waals surface area contributed by atoms with Crippen LogP contribution in [0, 0.1) is 5.92 Å². The topological polar surface area (TPSA) is 54.2 Å². The molecule has 4 nitrogen and oxygen atoms in total. The first-order valence-corrected chi connectivity index (χ1v) is 6.36. The second-order valence-electron chi connectivity index (χ2n) is 4.82. The zero-order valence-corrected chi connectivity index (χ0v) is 10.7. The molecule has 0 bridgehead atoms. The number of rotatable bonds is 3. The lowest BCUT2D eigenvalue weighted by Crippen LogP contribution is -2.47. The van der Waals surface area contributed by atoms with Crippen LogP contribution in [0.25, 0.3) is 0 Å². The molecule has 1 aromatic rings. The van der Waals surface area contributed by atoms with Crippen molar-refractivity contribution in [1.82, 2.24) is 4.98 Å². The Labute approximate surface area is 103 Å². The van der Waals surface area contributed by atoms with Crippen molar-refractivity contribution in [2.45, 2.75) is 25.8 Å². The van der Waals surface area contributed by atoms with E-state index in [1.54, 1.807) is 0 Å². The fourth-order valence-corrected chi connectivity index (χ4v) is 2.59. The van der Waals surface area contributed by atoms with Crippen LogP contribution in [0.4, 0.5) is 11.4 Å². The second-order valence-corrected chi connectivity index (χ2v) is 4.82. The maximum Gasteiger partial charge on any atom is 0.0761 e. The van der Waals surface area contributed by atoms with Gasteiger partial charge in [-0.25, -0.2) is 0 Å². The lowest BCUT2D eigenvalue weighted by molar-refractivity contribution is 0.368. The highest BCUT2D eigenvalue weighted by Gasteiger charge is 2.25. The van der Waals surface area contributed by atoms with Crippen molar-refractivity contribution in [2.24, 2.45) is 11.7 Å². The number of nitrogens with zero attached hydrogens (tertiary/aromatic N) is 2. The van der Waals surface area contributed by atoms with Crippen molar-refractivity contribution < 1.29 is 0 Å². The summed E-state index contributed by atoms with van der Waals surface area (Å²) in [5.74, 6) is 0.705. The van der Waals surface area contributed by atoms with E-state index in [4.69, 9.17) is 5.73 Å². The van der Waals surface area contributed by atoms with E-state index in [-0.39, 0.29) is 6.04 Å². The molecular weight excluding hydrogens is 212 g/mol. The van der Waals surface area contributed by atoms with E-state index in [0.29, 0.717) is 5.92 Å². The van der Waals surface area contributed by atoms with Crippen LogP contribution >= 0.6 is 0 Å². The van der Waals surface area contributed by atoms with Gasteiger partial charge in [-0.2, -0.15) is 0 Å². The van der Waals surface area contributed by atoms with Gasteiger partial charge >= 0.3 is 0 Å². The molecule has 2 rings (SSSR count). The fourth-order valence-electron chi connectivity index (χ4n) is 2.59. The van der Waals surface area contributed by atoms with Crippen LogP contribution < -0.4 is 16.0 Å². The van der Waals surface area contributed by atoms with Crippen molar-refractivity contribution in [2.75, 3.05) is 30.4 Å². The first kappa shape index (κ1) is 12.2. The molecule has 94 valence electrons. The quantitative estimate of drug-likeness (QED) is 0.835. The van der Waals surface area contributed by atoms with Crippen molar-refractivity contribution in [3.63, 3.8) is 0 Å². The lowest BCUT2D eigenvalue weighted by Gasteiger charge is -2.38. The molecule has 0 saturated carbocycles. The van der Waals surface area contributed by atoms with Crippen molar-refractivity contribution >= 4 is 11.4 Å². The number of anilines is 2. The van der Waals surface area contributed by atoms with E-state index in [1.165, 1.54) is 12.1 Å². The minimum Gasteiger partial charge on any atom is -0.385 e. The van der Waals surface area contributed by atoms with Gasteiger partial charge in [-0.3, -0.25) is 4.98 Å². The zero-order chi connectivity index (χ0) is 12.3. The summed E-state index contributed by atoms with van der Waals surface area (Å²) in [6, 6.07) is 2.35. The van der Waals surface area contributed by atoms with Gasteiger partial charge in [-0.15, -0.1) is 0 Å². The smallest absolute Gasteiger partial charge is 0.0761 e. The molecule has 2 heterocycles. The van der Waals surface area contributed by atoms with Crippen LogP contribution in [0.3, 0.4) is 0 Å². The van der Waals surface area contributed by atoms with Gasteiger partial charge in [0.15, 0.2) is 0 Å². The van der Waals surface area contributed by atoms with Gasteiger partial charge in [0.25, 0.3) is 0 Å². The normalized spacial score (nSPS) is 24.8. The summed E-state index contributed by atoms with van der Waals surface area (Å²) in [5, 5.41) is 3.20. The molecule has 2 atom stereocenters. The SMILES string of the molecule is CCC1CC(N)CN(c2ccncc2NC)C1. The minimum atomic E-state index is 0.284. The first-order chi connectivity index (χ1) is 8.24. The first-order valence-electron chi connectivity index (χ1n) is 6.36. The van der Waals surface area contributed by atoms with E-state index >= 15 is 0 Å². The molecule has 1 saturated heterocycles. The summed E-state index contributed by atoms with van der Waals surface area (Å²) in [5.41, 5.74) is 8.44. The molecule has 17 heavy (non-hydrogen) atoms. The minimum absolute atomic E-state index is 0.284. The maximum atomic E-state index is 6.14. The largest absolute Gasteiger partial charge is 0.385 e. The summed E-state index contributed by atoms with van der Waals surface area (Å²) in [7, 11) is 1.93. The Hall–Kier alpha value is -1.29. The molecule has 1 aliphatic heterocycles. The van der Waals surface area contributed by atoms with E-state index in [9.17, 15) is 0 Å². The van der Waals surface area contributed by atoms with Crippen molar-refractivity contribution in [3.05, 3.63) is 18.5 Å². The van der Waals surface area contributed by atoms with Gasteiger partial charge < -0.3 is 16.0 Å². The number of aromatic nitrogens is 1. The third-order valence-corrected chi connectivity index (χ3v) is 3.55. The Bertz CT molecular complexity index is 366. The molecule has 2 unspecified atom stereocenters. The Morgan fingerprint density at radius 3 is 3.06 bits per heavy atom. The van der Waals surface area contributed by atoms with E-state index < -0.39 is 0 Å². The zero-order valence-electron chi connectivity index (χ0n) is 10.7. The van der Waals surface area contributed by atoms with Crippen LogP contribution in [0.2, 0.25) is 0 Å². The summed E-state index contributed by atoms with van der Waals surface area (Å²) in [4.78, 5) is 6.53. The summed E-state index contributed by atoms with van der Waals surface area (Å²) in [6.07, 6.45) is 6.06. The Kier molecular flexibility index (Phi) is 3.84. The summed E-state index contributed by atoms with van der Waals surface area (Å²) >= 11 is 0. The number of nitrogens with one attached hydrogen (secondary N) is 1. The van der Waals surface area contributed by atoms with Gasteiger partial charge in [-0.1, -0.05) is 13.3 Å². The predicted octanol–water partition coefficient (Wildman–Crippen LogP) is 1.69. The highest BCUT2D eigenvalue weighted by molar-refractivity contribution is 5.68. The van der Waals surface area contributed by atoms with E-state index in [0.717, 1.165) is 25.2 Å². The third-order valence-electron chi connectivity index (χ3n) is 3.55. The average Bonchev–Trinajstić information content (AvgIpc) is 2.37. The van der Waals surface area contributed by atoms with Crippen LogP contribution in [0.15, 0.2) is 18.5 Å². The molecule has 4 heteroatoms. The molecular formula is C13H22N4. The van der Waals surface area contributed by atoms with Gasteiger partial charge in [0.2, 0.25) is 0 Å². The Morgan fingerprint density at radius 1 is 1.53 bits per heavy atom. The summed E-state index contributed by atoms with van der Waals surface area (Å²) in [6.45, 7) is 4.28. The average molecular weight is 234 g/mol. The van der Waals surface area contributed by atoms with Crippen LogP contribution in [-0.4, -0.2) is 31.2 Å². The van der Waals surface area contributed by atoms with Gasteiger partial charge in [0, 0.05) is 32.4 Å². The molecule has 1 aliphatic rings.